The summed E-state index contributed by atoms with van der Waals surface area (Å²) in [5, 5.41) is 2.91. The van der Waals surface area contributed by atoms with Gasteiger partial charge in [0.25, 0.3) is 0 Å². The van der Waals surface area contributed by atoms with Gasteiger partial charge in [-0.05, 0) is 30.5 Å². The second-order valence-corrected chi connectivity index (χ2v) is 4.94. The number of anilines is 1. The van der Waals surface area contributed by atoms with Crippen LogP contribution in [0.2, 0.25) is 0 Å². The average molecular weight is 258 g/mol. The summed E-state index contributed by atoms with van der Waals surface area (Å²) < 4.78 is 36.0. The summed E-state index contributed by atoms with van der Waals surface area (Å²) >= 11 is 0. The molecule has 2 nitrogen and oxygen atoms in total. The van der Waals surface area contributed by atoms with E-state index in [1.54, 1.807) is 0 Å². The van der Waals surface area contributed by atoms with Crippen molar-refractivity contribution in [3.63, 3.8) is 0 Å². The summed E-state index contributed by atoms with van der Waals surface area (Å²) in [5.74, 6) is 0. The van der Waals surface area contributed by atoms with Crippen molar-refractivity contribution in [2.75, 3.05) is 18.8 Å². The van der Waals surface area contributed by atoms with Gasteiger partial charge < -0.3 is 11.1 Å². The molecule has 1 aromatic carbocycles. The molecule has 0 spiro atoms. The topological polar surface area (TPSA) is 38.0 Å². The number of halogens is 3. The molecule has 0 radical (unpaired) electrons. The summed E-state index contributed by atoms with van der Waals surface area (Å²) in [6.45, 7) is 0.590. The summed E-state index contributed by atoms with van der Waals surface area (Å²) in [5.41, 5.74) is 7.52. The van der Waals surface area contributed by atoms with Crippen LogP contribution in [0.15, 0.2) is 24.3 Å². The highest BCUT2D eigenvalue weighted by Gasteiger charge is 2.43. The SMILES string of the molecule is Nc1ccc(C2(CNCCC(F)(F)F)CC2)cc1. The van der Waals surface area contributed by atoms with Crippen LogP contribution < -0.4 is 11.1 Å². The van der Waals surface area contributed by atoms with E-state index in [1.165, 1.54) is 0 Å². The number of hydrogen-bond donors (Lipinski definition) is 2. The third kappa shape index (κ3) is 3.38. The van der Waals surface area contributed by atoms with Gasteiger partial charge in [-0.1, -0.05) is 12.1 Å². The Morgan fingerprint density at radius 1 is 1.17 bits per heavy atom. The van der Waals surface area contributed by atoms with Crippen LogP contribution >= 0.6 is 0 Å². The first-order chi connectivity index (χ1) is 8.41. The fraction of sp³-hybridized carbons (Fsp3) is 0.538. The second kappa shape index (κ2) is 4.80. The first-order valence-electron chi connectivity index (χ1n) is 6.05. The third-order valence-electron chi connectivity index (χ3n) is 3.43. The number of nitrogen functional groups attached to an aromatic ring is 1. The Kier molecular flexibility index (Phi) is 3.52. The molecule has 0 atom stereocenters. The van der Waals surface area contributed by atoms with Crippen molar-refractivity contribution < 1.29 is 13.2 Å². The lowest BCUT2D eigenvalue weighted by atomic mass is 9.95. The van der Waals surface area contributed by atoms with Crippen LogP contribution in [0.1, 0.15) is 24.8 Å². The van der Waals surface area contributed by atoms with Crippen molar-refractivity contribution in [2.45, 2.75) is 30.9 Å². The molecule has 2 rings (SSSR count). The number of nitrogens with one attached hydrogen (secondary N) is 1. The third-order valence-corrected chi connectivity index (χ3v) is 3.43. The van der Waals surface area contributed by atoms with Crippen LogP contribution in [-0.2, 0) is 5.41 Å². The molecule has 0 aliphatic heterocycles. The Balaban J connectivity index is 1.84. The molecule has 0 unspecified atom stereocenters. The van der Waals surface area contributed by atoms with E-state index in [0.717, 1.165) is 18.4 Å². The number of hydrogen-bond acceptors (Lipinski definition) is 2. The van der Waals surface area contributed by atoms with E-state index in [1.807, 2.05) is 24.3 Å². The quantitative estimate of drug-likeness (QED) is 0.629. The lowest BCUT2D eigenvalue weighted by molar-refractivity contribution is -0.133. The molecule has 0 aromatic heterocycles. The van der Waals surface area contributed by atoms with Gasteiger partial charge in [-0.15, -0.1) is 0 Å². The van der Waals surface area contributed by atoms with Crippen LogP contribution in [0.3, 0.4) is 0 Å². The summed E-state index contributed by atoms with van der Waals surface area (Å²) in [6, 6.07) is 7.61. The van der Waals surface area contributed by atoms with Gasteiger partial charge in [0, 0.05) is 24.2 Å². The molecule has 1 aliphatic rings. The number of alkyl halides is 3. The Morgan fingerprint density at radius 2 is 1.78 bits per heavy atom. The first kappa shape index (κ1) is 13.2. The summed E-state index contributed by atoms with van der Waals surface area (Å²) in [6.07, 6.45) is -2.80. The minimum absolute atomic E-state index is 0.0137. The van der Waals surface area contributed by atoms with Crippen LogP contribution in [0.25, 0.3) is 0 Å². The largest absolute Gasteiger partial charge is 0.399 e. The van der Waals surface area contributed by atoms with E-state index in [9.17, 15) is 13.2 Å². The normalized spacial score (nSPS) is 17.7. The van der Waals surface area contributed by atoms with Gasteiger partial charge in [-0.25, -0.2) is 0 Å². The predicted molar refractivity (Wildman–Crippen MR) is 65.3 cm³/mol. The highest BCUT2D eigenvalue weighted by atomic mass is 19.4. The lowest BCUT2D eigenvalue weighted by Gasteiger charge is -2.17. The predicted octanol–water partition coefficient (Wildman–Crippen LogP) is 2.84. The average Bonchev–Trinajstić information content (AvgIpc) is 3.05. The van der Waals surface area contributed by atoms with E-state index in [-0.39, 0.29) is 12.0 Å². The molecule has 1 saturated carbocycles. The highest BCUT2D eigenvalue weighted by molar-refractivity contribution is 5.43. The minimum Gasteiger partial charge on any atom is -0.399 e. The van der Waals surface area contributed by atoms with Crippen LogP contribution in [0, 0.1) is 0 Å². The molecular formula is C13H17F3N2. The standard InChI is InChI=1S/C13H17F3N2/c14-13(15,16)7-8-18-9-12(5-6-12)10-1-3-11(17)4-2-10/h1-4,18H,5-9,17H2. The Labute approximate surface area is 104 Å². The van der Waals surface area contributed by atoms with Crippen LogP contribution in [-0.4, -0.2) is 19.3 Å². The van der Waals surface area contributed by atoms with Crippen molar-refractivity contribution in [1.82, 2.24) is 5.32 Å². The fourth-order valence-corrected chi connectivity index (χ4v) is 2.11. The van der Waals surface area contributed by atoms with E-state index in [4.69, 9.17) is 5.73 Å². The zero-order valence-corrected chi connectivity index (χ0v) is 10.1. The maximum absolute atomic E-state index is 12.0. The van der Waals surface area contributed by atoms with E-state index in [0.29, 0.717) is 12.2 Å². The van der Waals surface area contributed by atoms with Gasteiger partial charge in [0.1, 0.15) is 0 Å². The Bertz CT molecular complexity index is 394. The van der Waals surface area contributed by atoms with Crippen LogP contribution in [0.5, 0.6) is 0 Å². The number of benzene rings is 1. The van der Waals surface area contributed by atoms with Crippen molar-refractivity contribution in [1.29, 1.82) is 0 Å². The molecular weight excluding hydrogens is 241 g/mol. The molecule has 5 heteroatoms. The zero-order valence-electron chi connectivity index (χ0n) is 10.1. The summed E-state index contributed by atoms with van der Waals surface area (Å²) in [7, 11) is 0. The monoisotopic (exact) mass is 258 g/mol. The number of rotatable bonds is 5. The molecule has 1 aromatic rings. The Morgan fingerprint density at radius 3 is 2.28 bits per heavy atom. The minimum atomic E-state index is -4.08. The van der Waals surface area contributed by atoms with Crippen molar-refractivity contribution >= 4 is 5.69 Å². The smallest absolute Gasteiger partial charge is 0.390 e. The maximum atomic E-state index is 12.0. The molecule has 3 N–H and O–H groups in total. The number of nitrogens with two attached hydrogens (primary N) is 1. The second-order valence-electron chi connectivity index (χ2n) is 4.94. The Hall–Kier alpha value is -1.23. The van der Waals surface area contributed by atoms with E-state index < -0.39 is 12.6 Å². The van der Waals surface area contributed by atoms with Crippen LogP contribution in [0.4, 0.5) is 18.9 Å². The molecule has 0 bridgehead atoms. The first-order valence-corrected chi connectivity index (χ1v) is 6.05. The molecule has 0 heterocycles. The molecule has 0 amide bonds. The lowest BCUT2D eigenvalue weighted by Crippen LogP contribution is -2.30. The molecule has 1 fully saturated rings. The highest BCUT2D eigenvalue weighted by Crippen LogP contribution is 2.47. The van der Waals surface area contributed by atoms with Gasteiger partial charge in [0.15, 0.2) is 0 Å². The van der Waals surface area contributed by atoms with Crippen molar-refractivity contribution in [2.24, 2.45) is 0 Å². The molecule has 1 aliphatic carbocycles. The fourth-order valence-electron chi connectivity index (χ4n) is 2.11. The van der Waals surface area contributed by atoms with Gasteiger partial charge in [-0.3, -0.25) is 0 Å². The molecule has 18 heavy (non-hydrogen) atoms. The van der Waals surface area contributed by atoms with Crippen molar-refractivity contribution in [3.8, 4) is 0 Å². The van der Waals surface area contributed by atoms with Gasteiger partial charge in [0.05, 0.1) is 6.42 Å². The van der Waals surface area contributed by atoms with E-state index in [2.05, 4.69) is 5.32 Å². The maximum Gasteiger partial charge on any atom is 0.390 e. The van der Waals surface area contributed by atoms with E-state index >= 15 is 0 Å². The summed E-state index contributed by atoms with van der Waals surface area (Å²) in [4.78, 5) is 0. The molecule has 0 saturated heterocycles. The molecule has 100 valence electrons. The zero-order chi connectivity index (χ0) is 13.2. The van der Waals surface area contributed by atoms with Gasteiger partial charge >= 0.3 is 6.18 Å². The van der Waals surface area contributed by atoms with Crippen molar-refractivity contribution in [3.05, 3.63) is 29.8 Å². The van der Waals surface area contributed by atoms with Gasteiger partial charge in [-0.2, -0.15) is 13.2 Å². The van der Waals surface area contributed by atoms with Gasteiger partial charge in [0.2, 0.25) is 0 Å².